The fourth-order valence-corrected chi connectivity index (χ4v) is 3.71. The molecule has 0 spiro atoms. The van der Waals surface area contributed by atoms with Crippen LogP contribution in [0.15, 0.2) is 72.5 Å². The number of hydrogen-bond donors (Lipinski definition) is 4. The van der Waals surface area contributed by atoms with Gasteiger partial charge in [-0.25, -0.2) is 15.0 Å². The highest BCUT2D eigenvalue weighted by atomic mass is 16.6. The summed E-state index contributed by atoms with van der Waals surface area (Å²) < 4.78 is 7.09. The van der Waals surface area contributed by atoms with Crippen molar-refractivity contribution in [2.45, 2.75) is 24.5 Å². The number of hydrazone groups is 1. The standard InChI is InChI=1S/C22H21N7O4/c30-10-15-18(31)19(32)22(33-15)29-12-26-17-20(24-11-25-21(17)29)28-27-16(13-6-2-1-3-7-13)14-8-4-5-9-23-14/h1-9,11-12,15,18-19,22,30-32H,10H2,(H,24,25,28)/t15-,18?,19?,22-/m1/s1. The first-order valence-electron chi connectivity index (χ1n) is 10.3. The van der Waals surface area contributed by atoms with Crippen molar-refractivity contribution in [1.82, 2.24) is 24.5 Å². The van der Waals surface area contributed by atoms with E-state index in [1.807, 2.05) is 48.5 Å². The molecule has 3 aromatic heterocycles. The van der Waals surface area contributed by atoms with Gasteiger partial charge in [0.2, 0.25) is 0 Å². The molecule has 4 heterocycles. The van der Waals surface area contributed by atoms with Crippen molar-refractivity contribution < 1.29 is 20.1 Å². The molecule has 0 aliphatic carbocycles. The van der Waals surface area contributed by atoms with Crippen molar-refractivity contribution in [3.05, 3.63) is 78.6 Å². The Morgan fingerprint density at radius 2 is 1.82 bits per heavy atom. The van der Waals surface area contributed by atoms with Crippen LogP contribution in [0.4, 0.5) is 5.82 Å². The molecular weight excluding hydrogens is 426 g/mol. The van der Waals surface area contributed by atoms with Gasteiger partial charge in [-0.1, -0.05) is 36.4 Å². The Morgan fingerprint density at radius 3 is 2.55 bits per heavy atom. The van der Waals surface area contributed by atoms with E-state index in [0.29, 0.717) is 28.4 Å². The second-order valence-corrected chi connectivity index (χ2v) is 7.43. The third-order valence-corrected chi connectivity index (χ3v) is 5.38. The molecular formula is C22H21N7O4. The van der Waals surface area contributed by atoms with Crippen LogP contribution in [0, 0.1) is 0 Å². The van der Waals surface area contributed by atoms with Gasteiger partial charge in [-0.05, 0) is 12.1 Å². The average Bonchev–Trinajstić information content (AvgIpc) is 3.42. The summed E-state index contributed by atoms with van der Waals surface area (Å²) in [5.74, 6) is 0.342. The quantitative estimate of drug-likeness (QED) is 0.247. The third kappa shape index (κ3) is 3.94. The van der Waals surface area contributed by atoms with Gasteiger partial charge >= 0.3 is 0 Å². The molecule has 0 saturated carbocycles. The summed E-state index contributed by atoms with van der Waals surface area (Å²) in [6.45, 7) is -0.423. The number of aromatic nitrogens is 5. The normalized spacial score (nSPS) is 23.2. The number of benzene rings is 1. The van der Waals surface area contributed by atoms with Gasteiger partial charge in [-0.3, -0.25) is 15.0 Å². The molecule has 4 N–H and O–H groups in total. The lowest BCUT2D eigenvalue weighted by molar-refractivity contribution is -0.0511. The maximum atomic E-state index is 10.4. The van der Waals surface area contributed by atoms with Crippen LogP contribution in [-0.2, 0) is 4.74 Å². The zero-order valence-electron chi connectivity index (χ0n) is 17.3. The lowest BCUT2D eigenvalue weighted by atomic mass is 10.1. The van der Waals surface area contributed by atoms with Gasteiger partial charge in [0.25, 0.3) is 0 Å². The summed E-state index contributed by atoms with van der Waals surface area (Å²) in [4.78, 5) is 17.3. The van der Waals surface area contributed by atoms with Gasteiger partial charge < -0.3 is 20.1 Å². The first-order valence-corrected chi connectivity index (χ1v) is 10.3. The summed E-state index contributed by atoms with van der Waals surface area (Å²) in [6.07, 6.45) is 0.124. The van der Waals surface area contributed by atoms with Crippen LogP contribution in [0.5, 0.6) is 0 Å². The van der Waals surface area contributed by atoms with Crippen LogP contribution in [-0.4, -0.2) is 70.5 Å². The zero-order chi connectivity index (χ0) is 22.8. The van der Waals surface area contributed by atoms with E-state index in [4.69, 9.17) is 4.74 Å². The molecule has 33 heavy (non-hydrogen) atoms. The Morgan fingerprint density at radius 1 is 1.00 bits per heavy atom. The fraction of sp³-hybridized carbons (Fsp3) is 0.227. The number of nitrogens with one attached hydrogen (secondary N) is 1. The molecule has 1 aliphatic rings. The van der Waals surface area contributed by atoms with Gasteiger partial charge in [0.15, 0.2) is 23.2 Å². The van der Waals surface area contributed by atoms with E-state index in [1.54, 1.807) is 6.20 Å². The molecule has 1 aliphatic heterocycles. The first kappa shape index (κ1) is 21.1. The summed E-state index contributed by atoms with van der Waals surface area (Å²) in [5.41, 5.74) is 5.89. The molecule has 4 atom stereocenters. The number of ether oxygens (including phenoxy) is 1. The minimum atomic E-state index is -1.25. The van der Waals surface area contributed by atoms with Crippen LogP contribution < -0.4 is 5.43 Å². The van der Waals surface area contributed by atoms with Crippen molar-refractivity contribution >= 4 is 22.7 Å². The lowest BCUT2D eigenvalue weighted by Crippen LogP contribution is -2.33. The highest BCUT2D eigenvalue weighted by molar-refractivity contribution is 6.12. The molecule has 1 aromatic carbocycles. The highest BCUT2D eigenvalue weighted by Crippen LogP contribution is 2.32. The summed E-state index contributed by atoms with van der Waals surface area (Å²) in [7, 11) is 0. The largest absolute Gasteiger partial charge is 0.394 e. The monoisotopic (exact) mass is 447 g/mol. The van der Waals surface area contributed by atoms with E-state index in [0.717, 1.165) is 5.56 Å². The number of aliphatic hydroxyl groups is 3. The predicted molar refractivity (Wildman–Crippen MR) is 118 cm³/mol. The number of aliphatic hydroxyl groups excluding tert-OH is 3. The van der Waals surface area contributed by atoms with Gasteiger partial charge in [0.05, 0.1) is 18.6 Å². The molecule has 2 unspecified atom stereocenters. The van der Waals surface area contributed by atoms with Crippen LogP contribution in [0.3, 0.4) is 0 Å². The molecule has 168 valence electrons. The molecule has 0 amide bonds. The fourth-order valence-electron chi connectivity index (χ4n) is 3.71. The van der Waals surface area contributed by atoms with Crippen LogP contribution in [0.25, 0.3) is 11.2 Å². The van der Waals surface area contributed by atoms with E-state index in [1.165, 1.54) is 17.2 Å². The maximum Gasteiger partial charge on any atom is 0.177 e. The number of rotatable bonds is 6. The molecule has 11 heteroatoms. The molecule has 5 rings (SSSR count). The Bertz CT molecular complexity index is 1220. The minimum Gasteiger partial charge on any atom is -0.394 e. The van der Waals surface area contributed by atoms with E-state index in [-0.39, 0.29) is 0 Å². The Balaban J connectivity index is 1.50. The van der Waals surface area contributed by atoms with Gasteiger partial charge in [0.1, 0.15) is 30.4 Å². The summed E-state index contributed by atoms with van der Waals surface area (Å²) >= 11 is 0. The average molecular weight is 447 g/mol. The highest BCUT2D eigenvalue weighted by Gasteiger charge is 2.44. The van der Waals surface area contributed by atoms with Gasteiger partial charge in [0, 0.05) is 11.8 Å². The number of hydrogen-bond acceptors (Lipinski definition) is 10. The van der Waals surface area contributed by atoms with E-state index in [9.17, 15) is 15.3 Å². The molecule has 11 nitrogen and oxygen atoms in total. The number of nitrogens with zero attached hydrogens (tertiary/aromatic N) is 6. The smallest absolute Gasteiger partial charge is 0.177 e. The molecule has 1 fully saturated rings. The number of imidazole rings is 1. The van der Waals surface area contributed by atoms with Gasteiger partial charge in [-0.15, -0.1) is 0 Å². The van der Waals surface area contributed by atoms with Crippen molar-refractivity contribution in [3.63, 3.8) is 0 Å². The number of fused-ring (bicyclic) bond motifs is 1. The zero-order valence-corrected chi connectivity index (χ0v) is 17.3. The molecule has 0 bridgehead atoms. The molecule has 1 saturated heterocycles. The summed E-state index contributed by atoms with van der Waals surface area (Å²) in [5, 5.41) is 34.4. The Hall–Kier alpha value is -3.77. The van der Waals surface area contributed by atoms with Crippen molar-refractivity contribution in [2.24, 2.45) is 5.10 Å². The van der Waals surface area contributed by atoms with E-state index >= 15 is 0 Å². The van der Waals surface area contributed by atoms with E-state index < -0.39 is 31.1 Å². The lowest BCUT2D eigenvalue weighted by Gasteiger charge is -2.16. The minimum absolute atomic E-state index is 0.342. The third-order valence-electron chi connectivity index (χ3n) is 5.38. The van der Waals surface area contributed by atoms with Crippen molar-refractivity contribution in [3.8, 4) is 0 Å². The van der Waals surface area contributed by atoms with Crippen LogP contribution in [0.2, 0.25) is 0 Å². The second-order valence-electron chi connectivity index (χ2n) is 7.43. The number of anilines is 1. The van der Waals surface area contributed by atoms with Crippen molar-refractivity contribution in [1.29, 1.82) is 0 Å². The van der Waals surface area contributed by atoms with Crippen LogP contribution in [0.1, 0.15) is 17.5 Å². The second kappa shape index (κ2) is 9.00. The number of pyridine rings is 1. The van der Waals surface area contributed by atoms with Crippen LogP contribution >= 0.6 is 0 Å². The first-order chi connectivity index (χ1) is 16.2. The Labute approximate surface area is 188 Å². The predicted octanol–water partition coefficient (Wildman–Crippen LogP) is 0.697. The maximum absolute atomic E-state index is 10.4. The van der Waals surface area contributed by atoms with Gasteiger partial charge in [-0.2, -0.15) is 5.10 Å². The van der Waals surface area contributed by atoms with Crippen molar-refractivity contribution in [2.75, 3.05) is 12.0 Å². The van der Waals surface area contributed by atoms with E-state index in [2.05, 4.69) is 30.5 Å². The molecule has 0 radical (unpaired) electrons. The SMILES string of the molecule is OC[C@H]1O[C@@H](n2cnc3c(NN=C(c4ccccc4)c4ccccn4)ncnc32)C(O)C1O. The Kier molecular flexibility index (Phi) is 5.75. The topological polar surface area (TPSA) is 151 Å². The molecule has 4 aromatic rings. The summed E-state index contributed by atoms with van der Waals surface area (Å²) in [6, 6.07) is 15.2.